The molecule has 34 heavy (non-hydrogen) atoms. The standard InChI is InChI=1S/C23H28ClFN8O/c1-32-21(34)16-18(14-4-7-27-20(17(14)24)28-13-2-3-13)30-31-19(16)29-22(32)33-8-5-23(6-9-33)11-12(25)10-15(23)26/h4,7,12-13,15H,2-3,5-6,8-11,26H2,1H3,(H,27,28)(H,30,31)/t12-,15-/m1/s1. The van der Waals surface area contributed by atoms with Crippen LogP contribution in [-0.2, 0) is 7.05 Å². The van der Waals surface area contributed by atoms with E-state index >= 15 is 0 Å². The van der Waals surface area contributed by atoms with Gasteiger partial charge in [-0.25, -0.2) is 9.37 Å². The molecule has 180 valence electrons. The minimum atomic E-state index is -0.816. The van der Waals surface area contributed by atoms with E-state index < -0.39 is 6.17 Å². The first-order valence-corrected chi connectivity index (χ1v) is 12.3. The zero-order valence-electron chi connectivity index (χ0n) is 19.0. The third-order valence-electron chi connectivity index (χ3n) is 7.81. The Morgan fingerprint density at radius 3 is 2.76 bits per heavy atom. The van der Waals surface area contributed by atoms with Crippen molar-refractivity contribution in [1.29, 1.82) is 0 Å². The van der Waals surface area contributed by atoms with Gasteiger partial charge in [0.2, 0.25) is 5.95 Å². The summed E-state index contributed by atoms with van der Waals surface area (Å²) in [6, 6.07) is 2.05. The predicted molar refractivity (Wildman–Crippen MR) is 130 cm³/mol. The van der Waals surface area contributed by atoms with Crippen LogP contribution < -0.4 is 21.5 Å². The van der Waals surface area contributed by atoms with Gasteiger partial charge in [-0.05, 0) is 50.0 Å². The van der Waals surface area contributed by atoms with Gasteiger partial charge in [0.15, 0.2) is 5.65 Å². The fourth-order valence-electron chi connectivity index (χ4n) is 5.60. The summed E-state index contributed by atoms with van der Waals surface area (Å²) in [6.07, 6.45) is 5.59. The van der Waals surface area contributed by atoms with Crippen molar-refractivity contribution >= 4 is 34.4 Å². The molecule has 2 atom stereocenters. The first-order valence-electron chi connectivity index (χ1n) is 11.9. The van der Waals surface area contributed by atoms with E-state index in [9.17, 15) is 9.18 Å². The first-order chi connectivity index (χ1) is 16.4. The van der Waals surface area contributed by atoms with Gasteiger partial charge in [-0.15, -0.1) is 0 Å². The number of fused-ring (bicyclic) bond motifs is 1. The lowest BCUT2D eigenvalue weighted by molar-refractivity contribution is 0.183. The Morgan fingerprint density at radius 2 is 2.09 bits per heavy atom. The van der Waals surface area contributed by atoms with Gasteiger partial charge in [0, 0.05) is 44.0 Å². The maximum absolute atomic E-state index is 14.0. The van der Waals surface area contributed by atoms with Gasteiger partial charge < -0.3 is 16.0 Å². The molecular formula is C23H28ClFN8O. The van der Waals surface area contributed by atoms with Gasteiger partial charge >= 0.3 is 0 Å². The number of piperidine rings is 1. The molecule has 0 amide bonds. The van der Waals surface area contributed by atoms with Crippen LogP contribution in [0.3, 0.4) is 0 Å². The van der Waals surface area contributed by atoms with Crippen molar-refractivity contribution in [2.45, 2.75) is 56.8 Å². The summed E-state index contributed by atoms with van der Waals surface area (Å²) in [7, 11) is 1.72. The summed E-state index contributed by atoms with van der Waals surface area (Å²) in [5, 5.41) is 11.5. The molecule has 3 aliphatic rings. The molecular weight excluding hydrogens is 459 g/mol. The molecule has 4 heterocycles. The molecule has 0 bridgehead atoms. The first kappa shape index (κ1) is 21.8. The fraction of sp³-hybridized carbons (Fsp3) is 0.565. The highest BCUT2D eigenvalue weighted by molar-refractivity contribution is 6.36. The van der Waals surface area contributed by atoms with Crippen LogP contribution in [0.4, 0.5) is 16.2 Å². The van der Waals surface area contributed by atoms with Gasteiger partial charge in [0.05, 0.1) is 5.02 Å². The van der Waals surface area contributed by atoms with Crippen LogP contribution in [0.5, 0.6) is 0 Å². The molecule has 0 radical (unpaired) electrons. The number of aromatic amines is 1. The zero-order valence-corrected chi connectivity index (χ0v) is 19.8. The molecule has 0 aromatic carbocycles. The van der Waals surface area contributed by atoms with Crippen molar-refractivity contribution in [3.8, 4) is 11.3 Å². The number of pyridine rings is 1. The zero-order chi connectivity index (χ0) is 23.6. The molecule has 2 saturated carbocycles. The summed E-state index contributed by atoms with van der Waals surface area (Å²) >= 11 is 6.65. The highest BCUT2D eigenvalue weighted by Crippen LogP contribution is 2.47. The van der Waals surface area contributed by atoms with Crippen LogP contribution in [0, 0.1) is 5.41 Å². The van der Waals surface area contributed by atoms with Crippen LogP contribution in [0.2, 0.25) is 5.02 Å². The topological polar surface area (TPSA) is 118 Å². The second kappa shape index (κ2) is 7.91. The molecule has 9 nitrogen and oxygen atoms in total. The highest BCUT2D eigenvalue weighted by atomic mass is 35.5. The number of nitrogens with one attached hydrogen (secondary N) is 2. The number of alkyl halides is 1. The molecule has 1 aliphatic heterocycles. The Balaban J connectivity index is 1.33. The van der Waals surface area contributed by atoms with E-state index in [1.807, 2.05) is 0 Å². The lowest BCUT2D eigenvalue weighted by Gasteiger charge is -2.42. The molecule has 11 heteroatoms. The Labute approximate surface area is 200 Å². The number of hydrogen-bond donors (Lipinski definition) is 3. The van der Waals surface area contributed by atoms with E-state index in [1.165, 1.54) is 0 Å². The van der Waals surface area contributed by atoms with Crippen molar-refractivity contribution in [1.82, 2.24) is 24.7 Å². The second-order valence-corrected chi connectivity index (χ2v) is 10.4. The number of nitrogens with two attached hydrogens (primary N) is 1. The van der Waals surface area contributed by atoms with Crippen LogP contribution in [-0.4, -0.2) is 56.1 Å². The summed E-state index contributed by atoms with van der Waals surface area (Å²) in [5.74, 6) is 1.17. The Bertz CT molecular complexity index is 1310. The quantitative estimate of drug-likeness (QED) is 0.518. The lowest BCUT2D eigenvalue weighted by Crippen LogP contribution is -2.48. The van der Waals surface area contributed by atoms with Gasteiger partial charge in [-0.1, -0.05) is 11.6 Å². The van der Waals surface area contributed by atoms with Crippen LogP contribution in [0.25, 0.3) is 22.3 Å². The lowest BCUT2D eigenvalue weighted by atomic mass is 9.74. The van der Waals surface area contributed by atoms with Gasteiger partial charge in [-0.2, -0.15) is 10.1 Å². The number of hydrogen-bond acceptors (Lipinski definition) is 7. The van der Waals surface area contributed by atoms with Crippen LogP contribution >= 0.6 is 11.6 Å². The maximum Gasteiger partial charge on any atom is 0.266 e. The number of aromatic nitrogens is 5. The number of H-pyrrole nitrogens is 1. The van der Waals surface area contributed by atoms with Crippen molar-refractivity contribution < 1.29 is 4.39 Å². The smallest absolute Gasteiger partial charge is 0.266 e. The summed E-state index contributed by atoms with van der Waals surface area (Å²) < 4.78 is 15.6. The van der Waals surface area contributed by atoms with E-state index in [2.05, 4.69) is 25.4 Å². The van der Waals surface area contributed by atoms with E-state index in [0.29, 0.717) is 71.1 Å². The molecule has 0 unspecified atom stereocenters. The summed E-state index contributed by atoms with van der Waals surface area (Å²) in [6.45, 7) is 1.36. The van der Waals surface area contributed by atoms with Crippen LogP contribution in [0.1, 0.15) is 38.5 Å². The monoisotopic (exact) mass is 486 g/mol. The maximum atomic E-state index is 14.0. The summed E-state index contributed by atoms with van der Waals surface area (Å²) in [5.41, 5.74) is 7.46. The number of halogens is 2. The molecule has 1 spiro atoms. The van der Waals surface area contributed by atoms with E-state index in [-0.39, 0.29) is 17.0 Å². The largest absolute Gasteiger partial charge is 0.366 e. The van der Waals surface area contributed by atoms with Gasteiger partial charge in [0.25, 0.3) is 5.56 Å². The minimum Gasteiger partial charge on any atom is -0.366 e. The average molecular weight is 487 g/mol. The molecule has 3 aromatic heterocycles. The third-order valence-corrected chi connectivity index (χ3v) is 8.19. The number of nitrogens with zero attached hydrogens (tertiary/aromatic N) is 5. The molecule has 1 saturated heterocycles. The second-order valence-electron chi connectivity index (χ2n) is 10.0. The van der Waals surface area contributed by atoms with Crippen molar-refractivity contribution in [3.05, 3.63) is 27.6 Å². The van der Waals surface area contributed by atoms with Crippen LogP contribution in [0.15, 0.2) is 17.1 Å². The molecule has 2 aliphatic carbocycles. The molecule has 3 aromatic rings. The minimum absolute atomic E-state index is 0.108. The van der Waals surface area contributed by atoms with E-state index in [1.54, 1.807) is 23.9 Å². The van der Waals surface area contributed by atoms with Crippen molar-refractivity contribution in [2.75, 3.05) is 23.3 Å². The Hall–Kier alpha value is -2.72. The number of rotatable bonds is 4. The predicted octanol–water partition coefficient (Wildman–Crippen LogP) is 2.99. The summed E-state index contributed by atoms with van der Waals surface area (Å²) in [4.78, 5) is 24.7. The molecule has 3 fully saturated rings. The van der Waals surface area contributed by atoms with Gasteiger partial charge in [-0.3, -0.25) is 14.5 Å². The highest BCUT2D eigenvalue weighted by Gasteiger charge is 2.47. The molecule has 6 rings (SSSR count). The number of anilines is 2. The fourth-order valence-corrected chi connectivity index (χ4v) is 5.86. The SMILES string of the molecule is Cn1c(N2CCC3(CC2)C[C@H](F)C[C@H]3N)nc2[nH]nc(-c3ccnc(NC4CC4)c3Cl)c2c1=O. The van der Waals surface area contributed by atoms with Crippen molar-refractivity contribution in [3.63, 3.8) is 0 Å². The Kier molecular flexibility index (Phi) is 5.07. The van der Waals surface area contributed by atoms with E-state index in [4.69, 9.17) is 22.3 Å². The van der Waals surface area contributed by atoms with Gasteiger partial charge in [0.1, 0.15) is 23.1 Å². The normalized spacial score (nSPS) is 24.3. The molecule has 4 N–H and O–H groups in total. The average Bonchev–Trinajstić information content (AvgIpc) is 3.47. The van der Waals surface area contributed by atoms with Crippen molar-refractivity contribution in [2.24, 2.45) is 18.2 Å². The third kappa shape index (κ3) is 3.46. The van der Waals surface area contributed by atoms with E-state index in [0.717, 1.165) is 25.7 Å². The Morgan fingerprint density at radius 1 is 1.32 bits per heavy atom.